The highest BCUT2D eigenvalue weighted by Gasteiger charge is 2.48. The number of aromatic nitrogens is 1. The molecule has 2 saturated heterocycles. The number of piperidine rings is 1. The number of carbonyl (C=O) groups excluding carboxylic acids is 1. The molecule has 10 heteroatoms. The number of hydrogen-bond donors (Lipinski definition) is 1. The maximum absolute atomic E-state index is 13.1. The summed E-state index contributed by atoms with van der Waals surface area (Å²) in [5.74, 6) is -0.364. The van der Waals surface area contributed by atoms with Gasteiger partial charge in [0.25, 0.3) is 0 Å². The molecule has 0 spiro atoms. The number of halogens is 3. The lowest BCUT2D eigenvalue weighted by molar-refractivity contribution is -0.141. The molecule has 6 nitrogen and oxygen atoms in total. The first-order valence-corrected chi connectivity index (χ1v) is 9.81. The molecule has 2 fully saturated rings. The second kappa shape index (κ2) is 6.49. The van der Waals surface area contributed by atoms with E-state index < -0.39 is 27.8 Å². The first-order chi connectivity index (χ1) is 12.0. The van der Waals surface area contributed by atoms with Crippen LogP contribution in [0, 0.1) is 12.8 Å². The molecule has 2 N–H and O–H groups in total. The minimum Gasteiger partial charge on any atom is -0.370 e. The molecule has 1 aromatic heterocycles. The van der Waals surface area contributed by atoms with Gasteiger partial charge in [-0.2, -0.15) is 17.5 Å². The molecular weight excluding hydrogens is 371 g/mol. The topological polar surface area (TPSA) is 93.4 Å². The van der Waals surface area contributed by atoms with Crippen LogP contribution in [0.1, 0.15) is 43.5 Å². The Morgan fingerprint density at radius 3 is 2.31 bits per heavy atom. The molecule has 2 aliphatic rings. The molecule has 2 bridgehead atoms. The van der Waals surface area contributed by atoms with E-state index in [0.29, 0.717) is 31.7 Å². The van der Waals surface area contributed by atoms with Crippen LogP contribution in [-0.2, 0) is 21.0 Å². The summed E-state index contributed by atoms with van der Waals surface area (Å²) in [7, 11) is -3.96. The molecule has 3 rings (SSSR count). The van der Waals surface area contributed by atoms with Crippen molar-refractivity contribution in [3.05, 3.63) is 23.5 Å². The third-order valence-corrected chi connectivity index (χ3v) is 7.28. The van der Waals surface area contributed by atoms with E-state index in [2.05, 4.69) is 4.98 Å². The molecule has 0 saturated carbocycles. The van der Waals surface area contributed by atoms with Gasteiger partial charge in [-0.3, -0.25) is 4.79 Å². The zero-order valence-electron chi connectivity index (χ0n) is 14.2. The predicted octanol–water partition coefficient (Wildman–Crippen LogP) is 2.22. The van der Waals surface area contributed by atoms with Crippen molar-refractivity contribution in [2.45, 2.75) is 62.2 Å². The molecule has 0 aromatic carbocycles. The summed E-state index contributed by atoms with van der Waals surface area (Å²) < 4.78 is 65.9. The Morgan fingerprint density at radius 1 is 1.27 bits per heavy atom. The average molecular weight is 391 g/mol. The largest absolute Gasteiger partial charge is 0.433 e. The number of carbonyl (C=O) groups is 1. The average Bonchev–Trinajstić information content (AvgIpc) is 2.78. The van der Waals surface area contributed by atoms with Crippen molar-refractivity contribution >= 4 is 15.9 Å². The first kappa shape index (κ1) is 19.1. The number of amides is 1. The first-order valence-electron chi connectivity index (χ1n) is 8.37. The Kier molecular flexibility index (Phi) is 4.76. The van der Waals surface area contributed by atoms with E-state index in [4.69, 9.17) is 5.73 Å². The number of alkyl halides is 3. The van der Waals surface area contributed by atoms with Crippen LogP contribution in [0.15, 0.2) is 17.0 Å². The molecule has 2 aliphatic heterocycles. The van der Waals surface area contributed by atoms with E-state index in [1.165, 1.54) is 11.2 Å². The smallest absolute Gasteiger partial charge is 0.370 e. The minimum atomic E-state index is -4.63. The van der Waals surface area contributed by atoms with Crippen molar-refractivity contribution < 1.29 is 26.4 Å². The molecule has 1 aromatic rings. The Bertz CT molecular complexity index is 812. The van der Waals surface area contributed by atoms with Crippen molar-refractivity contribution in [3.63, 3.8) is 0 Å². The lowest BCUT2D eigenvalue weighted by Gasteiger charge is -2.37. The fraction of sp³-hybridized carbons (Fsp3) is 0.625. The van der Waals surface area contributed by atoms with Crippen molar-refractivity contribution in [2.75, 3.05) is 0 Å². The third-order valence-electron chi connectivity index (χ3n) is 5.14. The van der Waals surface area contributed by atoms with Gasteiger partial charge in [-0.1, -0.05) is 0 Å². The van der Waals surface area contributed by atoms with E-state index in [1.54, 1.807) is 0 Å². The van der Waals surface area contributed by atoms with E-state index >= 15 is 0 Å². The zero-order chi connectivity index (χ0) is 19.3. The SMILES string of the molecule is Cc1nc(C(F)(F)F)ccc1S(=O)(=O)N1[C@@H]2CC[C@H]1CC(CC(N)=O)C2. The summed E-state index contributed by atoms with van der Waals surface area (Å²) >= 11 is 0. The molecule has 1 unspecified atom stereocenters. The van der Waals surface area contributed by atoms with Crippen molar-refractivity contribution in [1.29, 1.82) is 0 Å². The Morgan fingerprint density at radius 2 is 1.85 bits per heavy atom. The van der Waals surface area contributed by atoms with Crippen LogP contribution in [-0.4, -0.2) is 35.7 Å². The van der Waals surface area contributed by atoms with Gasteiger partial charge in [0, 0.05) is 18.5 Å². The van der Waals surface area contributed by atoms with Gasteiger partial charge in [0.05, 0.1) is 5.69 Å². The van der Waals surface area contributed by atoms with Gasteiger partial charge >= 0.3 is 6.18 Å². The molecule has 144 valence electrons. The quantitative estimate of drug-likeness (QED) is 0.852. The molecule has 0 aliphatic carbocycles. The molecule has 26 heavy (non-hydrogen) atoms. The summed E-state index contributed by atoms with van der Waals surface area (Å²) in [4.78, 5) is 14.4. The zero-order valence-corrected chi connectivity index (χ0v) is 15.0. The van der Waals surface area contributed by atoms with Gasteiger partial charge < -0.3 is 5.73 Å². The fourth-order valence-corrected chi connectivity index (χ4v) is 6.24. The van der Waals surface area contributed by atoms with Gasteiger partial charge in [-0.05, 0) is 50.7 Å². The van der Waals surface area contributed by atoms with Gasteiger partial charge in [0.2, 0.25) is 15.9 Å². The number of fused-ring (bicyclic) bond motifs is 2. The van der Waals surface area contributed by atoms with Gasteiger partial charge in [-0.15, -0.1) is 0 Å². The van der Waals surface area contributed by atoms with Crippen molar-refractivity contribution in [1.82, 2.24) is 9.29 Å². The maximum Gasteiger partial charge on any atom is 0.433 e. The number of primary amides is 1. The van der Waals surface area contributed by atoms with E-state index in [-0.39, 0.29) is 35.0 Å². The number of sulfonamides is 1. The highest BCUT2D eigenvalue weighted by molar-refractivity contribution is 7.89. The third kappa shape index (κ3) is 3.44. The van der Waals surface area contributed by atoms with Gasteiger partial charge in [-0.25, -0.2) is 13.4 Å². The summed E-state index contributed by atoms with van der Waals surface area (Å²) in [6, 6.07) is 1.16. The molecule has 3 atom stereocenters. The highest BCUT2D eigenvalue weighted by atomic mass is 32.2. The monoisotopic (exact) mass is 391 g/mol. The Hall–Kier alpha value is -1.68. The number of hydrogen-bond acceptors (Lipinski definition) is 4. The summed E-state index contributed by atoms with van der Waals surface area (Å²) in [5, 5.41) is 0. The van der Waals surface area contributed by atoms with E-state index in [9.17, 15) is 26.4 Å². The second-order valence-electron chi connectivity index (χ2n) is 7.01. The standard InChI is InChI=1S/C16H20F3N3O3S/c1-9-13(4-5-14(21-9)16(17,18)19)26(24,25)22-11-2-3-12(22)7-10(6-11)8-15(20)23/h4-5,10-12H,2-3,6-8H2,1H3,(H2,20,23)/t10?,11-,12+. The molecule has 1 amide bonds. The molecular formula is C16H20F3N3O3S. The van der Waals surface area contributed by atoms with Crippen LogP contribution in [0.5, 0.6) is 0 Å². The highest BCUT2D eigenvalue weighted by Crippen LogP contribution is 2.43. The van der Waals surface area contributed by atoms with Crippen LogP contribution >= 0.6 is 0 Å². The van der Waals surface area contributed by atoms with Crippen LogP contribution in [0.25, 0.3) is 0 Å². The normalized spacial score (nSPS) is 26.8. The number of rotatable bonds is 4. The second-order valence-corrected chi connectivity index (χ2v) is 8.82. The van der Waals surface area contributed by atoms with Crippen molar-refractivity contribution in [3.8, 4) is 0 Å². The van der Waals surface area contributed by atoms with Crippen LogP contribution in [0.3, 0.4) is 0 Å². The van der Waals surface area contributed by atoms with E-state index in [1.807, 2.05) is 0 Å². The minimum absolute atomic E-state index is 0.0447. The summed E-state index contributed by atoms with van der Waals surface area (Å²) in [6.07, 6.45) is -1.99. The fourth-order valence-electron chi connectivity index (χ4n) is 4.18. The summed E-state index contributed by atoms with van der Waals surface area (Å²) in [6.45, 7) is 1.27. The predicted molar refractivity (Wildman–Crippen MR) is 86.3 cm³/mol. The molecule has 0 radical (unpaired) electrons. The number of nitrogens with two attached hydrogens (primary N) is 1. The Labute approximate surface area is 149 Å². The lowest BCUT2D eigenvalue weighted by atomic mass is 9.89. The molecule has 3 heterocycles. The number of nitrogens with zero attached hydrogens (tertiary/aromatic N) is 2. The number of aryl methyl sites for hydroxylation is 1. The Balaban J connectivity index is 1.89. The van der Waals surface area contributed by atoms with Gasteiger partial charge in [0.1, 0.15) is 10.6 Å². The van der Waals surface area contributed by atoms with Crippen LogP contribution in [0.2, 0.25) is 0 Å². The van der Waals surface area contributed by atoms with Crippen LogP contribution < -0.4 is 5.73 Å². The number of pyridine rings is 1. The van der Waals surface area contributed by atoms with Crippen LogP contribution in [0.4, 0.5) is 13.2 Å². The van der Waals surface area contributed by atoms with Crippen molar-refractivity contribution in [2.24, 2.45) is 11.7 Å². The van der Waals surface area contributed by atoms with Gasteiger partial charge in [0.15, 0.2) is 0 Å². The van der Waals surface area contributed by atoms with E-state index in [0.717, 1.165) is 6.07 Å². The summed E-state index contributed by atoms with van der Waals surface area (Å²) in [5.41, 5.74) is 3.96. The maximum atomic E-state index is 13.1. The lowest BCUT2D eigenvalue weighted by Crippen LogP contribution is -2.47.